The molecule has 0 unspecified atom stereocenters. The van der Waals surface area contributed by atoms with Crippen LogP contribution in [0.3, 0.4) is 0 Å². The average Bonchev–Trinajstić information content (AvgIpc) is 2.66. The van der Waals surface area contributed by atoms with Crippen molar-refractivity contribution in [2.45, 2.75) is 38.1 Å². The number of carbonyl (C=O) groups is 1. The molecule has 0 bridgehead atoms. The number of sulfonamides is 1. The Labute approximate surface area is 161 Å². The molecule has 0 aromatic heterocycles. The Morgan fingerprint density at radius 1 is 1.15 bits per heavy atom. The van der Waals surface area contributed by atoms with Crippen LogP contribution in [0.5, 0.6) is 5.75 Å². The summed E-state index contributed by atoms with van der Waals surface area (Å²) in [5.74, 6) is 0.235. The summed E-state index contributed by atoms with van der Waals surface area (Å²) >= 11 is 0. The van der Waals surface area contributed by atoms with E-state index in [0.29, 0.717) is 17.9 Å². The first-order valence-electron chi connectivity index (χ1n) is 8.91. The van der Waals surface area contributed by atoms with Gasteiger partial charge in [0, 0.05) is 6.54 Å². The van der Waals surface area contributed by atoms with Crippen LogP contribution >= 0.6 is 0 Å². The van der Waals surface area contributed by atoms with Gasteiger partial charge in [0.25, 0.3) is 5.91 Å². The van der Waals surface area contributed by atoms with Crippen molar-refractivity contribution >= 4 is 15.9 Å². The Balaban J connectivity index is 1.95. The molecule has 0 saturated carbocycles. The zero-order valence-corrected chi connectivity index (χ0v) is 16.7. The number of amides is 1. The molecule has 7 heteroatoms. The highest BCUT2D eigenvalue weighted by molar-refractivity contribution is 7.89. The molecule has 27 heavy (non-hydrogen) atoms. The summed E-state index contributed by atoms with van der Waals surface area (Å²) in [6.45, 7) is 5.80. The van der Waals surface area contributed by atoms with Gasteiger partial charge < -0.3 is 10.1 Å². The molecule has 0 radical (unpaired) electrons. The first-order chi connectivity index (χ1) is 12.8. The van der Waals surface area contributed by atoms with E-state index in [-0.39, 0.29) is 23.5 Å². The number of hydrogen-bond donors (Lipinski definition) is 2. The van der Waals surface area contributed by atoms with Crippen molar-refractivity contribution in [1.29, 1.82) is 0 Å². The predicted octanol–water partition coefficient (Wildman–Crippen LogP) is 2.94. The fourth-order valence-electron chi connectivity index (χ4n) is 2.52. The maximum atomic E-state index is 12.2. The third-order valence-electron chi connectivity index (χ3n) is 4.03. The second-order valence-electron chi connectivity index (χ2n) is 6.31. The topological polar surface area (TPSA) is 84.5 Å². The van der Waals surface area contributed by atoms with Crippen molar-refractivity contribution in [3.8, 4) is 5.75 Å². The maximum absolute atomic E-state index is 12.2. The number of nitrogens with one attached hydrogen (secondary N) is 2. The minimum Gasteiger partial charge on any atom is -0.484 e. The van der Waals surface area contributed by atoms with Crippen LogP contribution in [0.25, 0.3) is 0 Å². The Kier molecular flexibility index (Phi) is 7.38. The lowest BCUT2D eigenvalue weighted by atomic mass is 10.1. The first kappa shape index (κ1) is 20.9. The Morgan fingerprint density at radius 3 is 2.48 bits per heavy atom. The minimum absolute atomic E-state index is 0.124. The maximum Gasteiger partial charge on any atom is 0.258 e. The van der Waals surface area contributed by atoms with E-state index in [1.54, 1.807) is 13.0 Å². The monoisotopic (exact) mass is 390 g/mol. The number of aryl methyl sites for hydroxylation is 1. The molecule has 0 aliphatic heterocycles. The quantitative estimate of drug-likeness (QED) is 0.689. The largest absolute Gasteiger partial charge is 0.484 e. The lowest BCUT2D eigenvalue weighted by Crippen LogP contribution is -2.31. The van der Waals surface area contributed by atoms with E-state index >= 15 is 0 Å². The average molecular weight is 391 g/mol. The Bertz CT molecular complexity index is 867. The molecule has 2 rings (SSSR count). The van der Waals surface area contributed by atoms with E-state index in [9.17, 15) is 13.2 Å². The van der Waals surface area contributed by atoms with Crippen molar-refractivity contribution < 1.29 is 17.9 Å². The molecule has 0 heterocycles. The van der Waals surface area contributed by atoms with E-state index in [2.05, 4.69) is 10.0 Å². The summed E-state index contributed by atoms with van der Waals surface area (Å²) < 4.78 is 32.4. The number of benzene rings is 2. The van der Waals surface area contributed by atoms with Crippen molar-refractivity contribution in [3.63, 3.8) is 0 Å². The highest BCUT2D eigenvalue weighted by atomic mass is 32.2. The van der Waals surface area contributed by atoms with Gasteiger partial charge in [0.2, 0.25) is 10.0 Å². The van der Waals surface area contributed by atoms with Crippen LogP contribution in [0.15, 0.2) is 53.4 Å². The molecule has 2 aromatic carbocycles. The number of carbonyl (C=O) groups excluding carboxylic acids is 1. The molecule has 0 aliphatic carbocycles. The van der Waals surface area contributed by atoms with Crippen molar-refractivity contribution in [2.75, 3.05) is 13.2 Å². The molecule has 0 fully saturated rings. The standard InChI is InChI=1S/C20H26N2O4S/c1-4-12-21-27(24,25)18-10-11-19(15(2)13-18)26-14-20(23)22-16(3)17-8-6-5-7-9-17/h5-11,13,16,21H,4,12,14H2,1-3H3,(H,22,23)/t16-/m1/s1. The number of hydrogen-bond acceptors (Lipinski definition) is 4. The van der Waals surface area contributed by atoms with Gasteiger partial charge in [0.1, 0.15) is 5.75 Å². The van der Waals surface area contributed by atoms with Gasteiger partial charge in [-0.1, -0.05) is 37.3 Å². The second-order valence-corrected chi connectivity index (χ2v) is 8.08. The molecule has 2 aromatic rings. The normalized spacial score (nSPS) is 12.4. The third kappa shape index (κ3) is 6.08. The van der Waals surface area contributed by atoms with Crippen LogP contribution in [-0.4, -0.2) is 27.5 Å². The number of ether oxygens (including phenoxy) is 1. The highest BCUT2D eigenvalue weighted by Crippen LogP contribution is 2.22. The van der Waals surface area contributed by atoms with Gasteiger partial charge in [-0.2, -0.15) is 0 Å². The molecule has 1 amide bonds. The van der Waals surface area contributed by atoms with Gasteiger partial charge in [-0.25, -0.2) is 13.1 Å². The molecule has 0 aliphatic rings. The van der Waals surface area contributed by atoms with E-state index in [1.165, 1.54) is 12.1 Å². The first-order valence-corrected chi connectivity index (χ1v) is 10.4. The predicted molar refractivity (Wildman–Crippen MR) is 105 cm³/mol. The van der Waals surface area contributed by atoms with Gasteiger partial charge in [-0.3, -0.25) is 4.79 Å². The zero-order valence-electron chi connectivity index (χ0n) is 15.9. The van der Waals surface area contributed by atoms with Crippen molar-refractivity contribution in [2.24, 2.45) is 0 Å². The fourth-order valence-corrected chi connectivity index (χ4v) is 3.74. The molecule has 1 atom stereocenters. The fraction of sp³-hybridized carbons (Fsp3) is 0.350. The lowest BCUT2D eigenvalue weighted by molar-refractivity contribution is -0.123. The van der Waals surface area contributed by atoms with Gasteiger partial charge in [0.05, 0.1) is 10.9 Å². The second kappa shape index (κ2) is 9.53. The van der Waals surface area contributed by atoms with Crippen LogP contribution < -0.4 is 14.8 Å². The van der Waals surface area contributed by atoms with Gasteiger partial charge in [-0.05, 0) is 49.6 Å². The SMILES string of the molecule is CCCNS(=O)(=O)c1ccc(OCC(=O)N[C@H](C)c2ccccc2)c(C)c1. The van der Waals surface area contributed by atoms with Crippen molar-refractivity contribution in [1.82, 2.24) is 10.0 Å². The lowest BCUT2D eigenvalue weighted by Gasteiger charge is -2.15. The summed E-state index contributed by atoms with van der Waals surface area (Å²) in [6, 6.07) is 14.1. The van der Waals surface area contributed by atoms with E-state index in [4.69, 9.17) is 4.74 Å². The van der Waals surface area contributed by atoms with Gasteiger partial charge in [0.15, 0.2) is 6.61 Å². The zero-order chi connectivity index (χ0) is 19.9. The van der Waals surface area contributed by atoms with Crippen LogP contribution in [0, 0.1) is 6.92 Å². The van der Waals surface area contributed by atoms with Gasteiger partial charge >= 0.3 is 0 Å². The molecule has 6 nitrogen and oxygen atoms in total. The molecular weight excluding hydrogens is 364 g/mol. The Morgan fingerprint density at radius 2 is 1.85 bits per heavy atom. The summed E-state index contributed by atoms with van der Waals surface area (Å²) in [5, 5.41) is 2.87. The van der Waals surface area contributed by atoms with E-state index in [0.717, 1.165) is 12.0 Å². The Hall–Kier alpha value is -2.38. The molecule has 0 spiro atoms. The summed E-state index contributed by atoms with van der Waals surface area (Å²) in [5.41, 5.74) is 1.66. The molecule has 2 N–H and O–H groups in total. The van der Waals surface area contributed by atoms with Crippen molar-refractivity contribution in [3.05, 3.63) is 59.7 Å². The smallest absolute Gasteiger partial charge is 0.258 e. The third-order valence-corrected chi connectivity index (χ3v) is 5.49. The van der Waals surface area contributed by atoms with E-state index < -0.39 is 10.0 Å². The van der Waals surface area contributed by atoms with Crippen LogP contribution in [0.4, 0.5) is 0 Å². The highest BCUT2D eigenvalue weighted by Gasteiger charge is 2.15. The van der Waals surface area contributed by atoms with Crippen LogP contribution in [0.1, 0.15) is 37.4 Å². The van der Waals surface area contributed by atoms with E-state index in [1.807, 2.05) is 44.2 Å². The van der Waals surface area contributed by atoms with Gasteiger partial charge in [-0.15, -0.1) is 0 Å². The summed E-state index contributed by atoms with van der Waals surface area (Å²) in [6.07, 6.45) is 0.718. The van der Waals surface area contributed by atoms with Crippen LogP contribution in [0.2, 0.25) is 0 Å². The molecule has 0 saturated heterocycles. The molecular formula is C20H26N2O4S. The summed E-state index contributed by atoms with van der Waals surface area (Å²) in [7, 11) is -3.52. The molecule has 146 valence electrons. The van der Waals surface area contributed by atoms with Crippen LogP contribution in [-0.2, 0) is 14.8 Å². The summed E-state index contributed by atoms with van der Waals surface area (Å²) in [4.78, 5) is 12.3. The minimum atomic E-state index is -3.52. The number of rotatable bonds is 9.